The van der Waals surface area contributed by atoms with E-state index < -0.39 is 10.0 Å². The summed E-state index contributed by atoms with van der Waals surface area (Å²) in [4.78, 5) is 13.4. The van der Waals surface area contributed by atoms with Crippen molar-refractivity contribution in [1.82, 2.24) is 5.32 Å². The smallest absolute Gasteiger partial charge is 0.240 e. The van der Waals surface area contributed by atoms with Gasteiger partial charge in [-0.05, 0) is 49.4 Å². The Kier molecular flexibility index (Phi) is 8.49. The number of aryl methyl sites for hydroxylation is 1. The number of hydrogen-bond donors (Lipinski definition) is 1. The molecule has 152 valence electrons. The number of rotatable bonds is 9. The van der Waals surface area contributed by atoms with Crippen molar-refractivity contribution in [3.05, 3.63) is 58.1 Å². The van der Waals surface area contributed by atoms with E-state index in [4.69, 9.17) is 23.2 Å². The molecule has 2 aromatic rings. The minimum atomic E-state index is -3.65. The lowest BCUT2D eigenvalue weighted by atomic mass is 10.2. The van der Waals surface area contributed by atoms with Gasteiger partial charge in [0, 0.05) is 11.4 Å². The Bertz CT molecular complexity index is 919. The number of nitrogens with zero attached hydrogens (tertiary/aromatic N) is 1. The molecule has 0 saturated carbocycles. The maximum Gasteiger partial charge on any atom is 0.240 e. The van der Waals surface area contributed by atoms with Crippen LogP contribution in [0, 0.1) is 6.92 Å². The normalized spacial score (nSPS) is 11.3. The van der Waals surface area contributed by atoms with Crippen LogP contribution < -0.4 is 9.62 Å². The molecule has 0 spiro atoms. The van der Waals surface area contributed by atoms with E-state index in [1.807, 2.05) is 6.92 Å². The maximum absolute atomic E-state index is 12.2. The number of carbonyl (C=O) groups excluding carboxylic acids is 1. The molecule has 0 aliphatic carbocycles. The molecule has 0 fully saturated rings. The monoisotopic (exact) mass is 460 g/mol. The molecule has 2 rings (SSSR count). The van der Waals surface area contributed by atoms with Gasteiger partial charge >= 0.3 is 0 Å². The molecule has 5 nitrogen and oxygen atoms in total. The molecule has 0 aliphatic heterocycles. The number of sulfonamides is 1. The first kappa shape index (κ1) is 22.9. The van der Waals surface area contributed by atoms with Crippen LogP contribution in [0.25, 0.3) is 0 Å². The Morgan fingerprint density at radius 3 is 2.39 bits per heavy atom. The van der Waals surface area contributed by atoms with Gasteiger partial charge in [-0.25, -0.2) is 8.42 Å². The molecule has 0 aromatic heterocycles. The average molecular weight is 461 g/mol. The highest BCUT2D eigenvalue weighted by Gasteiger charge is 2.21. The van der Waals surface area contributed by atoms with Crippen molar-refractivity contribution in [3.8, 4) is 0 Å². The largest absolute Gasteiger partial charge is 0.354 e. The van der Waals surface area contributed by atoms with Gasteiger partial charge in [0.2, 0.25) is 15.9 Å². The van der Waals surface area contributed by atoms with E-state index in [-0.39, 0.29) is 17.5 Å². The van der Waals surface area contributed by atoms with E-state index in [1.54, 1.807) is 11.8 Å². The van der Waals surface area contributed by atoms with E-state index in [9.17, 15) is 13.2 Å². The minimum Gasteiger partial charge on any atom is -0.354 e. The Morgan fingerprint density at radius 1 is 1.11 bits per heavy atom. The number of thioether (sulfide) groups is 1. The summed E-state index contributed by atoms with van der Waals surface area (Å²) in [6.07, 6.45) is 1.82. The number of halogens is 2. The Hall–Kier alpha value is -1.41. The first-order chi connectivity index (χ1) is 13.2. The van der Waals surface area contributed by atoms with E-state index in [0.29, 0.717) is 17.3 Å². The number of amides is 1. The molecule has 28 heavy (non-hydrogen) atoms. The number of benzene rings is 2. The van der Waals surface area contributed by atoms with Crippen molar-refractivity contribution in [3.63, 3.8) is 0 Å². The van der Waals surface area contributed by atoms with Crippen LogP contribution >= 0.6 is 35.0 Å². The van der Waals surface area contributed by atoms with Crippen molar-refractivity contribution >= 4 is 56.6 Å². The summed E-state index contributed by atoms with van der Waals surface area (Å²) in [6.45, 7) is 2.19. The van der Waals surface area contributed by atoms with Gasteiger partial charge in [-0.15, -0.1) is 11.8 Å². The van der Waals surface area contributed by atoms with Crippen LogP contribution in [0.2, 0.25) is 10.0 Å². The molecule has 9 heteroatoms. The van der Waals surface area contributed by atoms with Crippen LogP contribution in [-0.2, 0) is 14.8 Å². The van der Waals surface area contributed by atoms with Crippen LogP contribution in [0.3, 0.4) is 0 Å². The third-order valence-corrected chi connectivity index (χ3v) is 6.79. The summed E-state index contributed by atoms with van der Waals surface area (Å²) in [5, 5.41) is 3.30. The summed E-state index contributed by atoms with van der Waals surface area (Å²) in [6, 6.07) is 12.7. The fraction of sp³-hybridized carbons (Fsp3) is 0.316. The van der Waals surface area contributed by atoms with Gasteiger partial charge in [0.1, 0.15) is 6.54 Å². The highest BCUT2D eigenvalue weighted by Crippen LogP contribution is 2.28. The zero-order chi connectivity index (χ0) is 20.7. The summed E-state index contributed by atoms with van der Waals surface area (Å²) >= 11 is 13.6. The van der Waals surface area contributed by atoms with Crippen LogP contribution in [0.5, 0.6) is 0 Å². The molecule has 0 saturated heterocycles. The standard InChI is InChI=1S/C19H22Cl2N2O3S2/c1-14-4-7-16(8-5-14)27-11-3-10-22-19(24)13-23(28(2,25)26)15-6-9-17(20)18(21)12-15/h4-9,12H,3,10-11,13H2,1-2H3,(H,22,24). The SMILES string of the molecule is Cc1ccc(SCCCNC(=O)CN(c2ccc(Cl)c(Cl)c2)S(C)(=O)=O)cc1. The topological polar surface area (TPSA) is 66.5 Å². The second-order valence-corrected chi connectivity index (χ2v) is 10.1. The van der Waals surface area contributed by atoms with Crippen LogP contribution in [-0.4, -0.2) is 39.4 Å². The van der Waals surface area contributed by atoms with Crippen molar-refractivity contribution in [1.29, 1.82) is 0 Å². The first-order valence-corrected chi connectivity index (χ1v) is 12.1. The minimum absolute atomic E-state index is 0.223. The zero-order valence-corrected chi connectivity index (χ0v) is 18.8. The van der Waals surface area contributed by atoms with Crippen LogP contribution in [0.15, 0.2) is 47.4 Å². The molecule has 1 N–H and O–H groups in total. The van der Waals surface area contributed by atoms with Crippen LogP contribution in [0.1, 0.15) is 12.0 Å². The van der Waals surface area contributed by atoms with Gasteiger partial charge in [-0.2, -0.15) is 0 Å². The van der Waals surface area contributed by atoms with Gasteiger partial charge in [-0.3, -0.25) is 9.10 Å². The quantitative estimate of drug-likeness (QED) is 0.445. The average Bonchev–Trinajstić information content (AvgIpc) is 2.62. The lowest BCUT2D eigenvalue weighted by molar-refractivity contribution is -0.119. The number of hydrogen-bond acceptors (Lipinski definition) is 4. The predicted octanol–water partition coefficient (Wildman–Crippen LogP) is 4.37. The molecular formula is C19H22Cl2N2O3S2. The van der Waals surface area contributed by atoms with Gasteiger partial charge in [0.15, 0.2) is 0 Å². The third kappa shape index (κ3) is 7.20. The lowest BCUT2D eigenvalue weighted by Crippen LogP contribution is -2.40. The van der Waals surface area contributed by atoms with Crippen LogP contribution in [0.4, 0.5) is 5.69 Å². The highest BCUT2D eigenvalue weighted by molar-refractivity contribution is 7.99. The lowest BCUT2D eigenvalue weighted by Gasteiger charge is -2.22. The number of anilines is 1. The second kappa shape index (κ2) is 10.4. The van der Waals surface area contributed by atoms with Crippen molar-refractivity contribution in [2.75, 3.05) is 29.4 Å². The predicted molar refractivity (Wildman–Crippen MR) is 118 cm³/mol. The van der Waals surface area contributed by atoms with E-state index in [2.05, 4.69) is 29.6 Å². The molecule has 0 heterocycles. The van der Waals surface area contributed by atoms with Gasteiger partial charge in [-0.1, -0.05) is 40.9 Å². The molecule has 0 aliphatic rings. The summed E-state index contributed by atoms with van der Waals surface area (Å²) < 4.78 is 25.2. The van der Waals surface area contributed by atoms with Gasteiger partial charge < -0.3 is 5.32 Å². The van der Waals surface area contributed by atoms with Crippen molar-refractivity contribution < 1.29 is 13.2 Å². The van der Waals surface area contributed by atoms with Crippen molar-refractivity contribution in [2.24, 2.45) is 0 Å². The Balaban J connectivity index is 1.84. The second-order valence-electron chi connectivity index (χ2n) is 6.23. The Morgan fingerprint density at radius 2 is 1.79 bits per heavy atom. The highest BCUT2D eigenvalue weighted by atomic mass is 35.5. The molecular weight excluding hydrogens is 439 g/mol. The van der Waals surface area contributed by atoms with E-state index >= 15 is 0 Å². The maximum atomic E-state index is 12.2. The fourth-order valence-electron chi connectivity index (χ4n) is 2.35. The summed E-state index contributed by atoms with van der Waals surface area (Å²) in [5.74, 6) is 0.475. The fourth-order valence-corrected chi connectivity index (χ4v) is 4.34. The zero-order valence-electron chi connectivity index (χ0n) is 15.6. The van der Waals surface area contributed by atoms with Gasteiger partial charge in [0.05, 0.1) is 22.0 Å². The molecule has 0 unspecified atom stereocenters. The summed E-state index contributed by atoms with van der Waals surface area (Å²) in [5.41, 5.74) is 1.51. The molecule has 1 amide bonds. The first-order valence-electron chi connectivity index (χ1n) is 8.56. The van der Waals surface area contributed by atoms with E-state index in [0.717, 1.165) is 22.7 Å². The Labute approximate surface area is 180 Å². The number of nitrogens with one attached hydrogen (secondary N) is 1. The molecule has 0 bridgehead atoms. The van der Waals surface area contributed by atoms with E-state index in [1.165, 1.54) is 28.7 Å². The van der Waals surface area contributed by atoms with Gasteiger partial charge in [0.25, 0.3) is 0 Å². The molecule has 2 aromatic carbocycles. The third-order valence-electron chi connectivity index (χ3n) is 3.81. The van der Waals surface area contributed by atoms with Crippen molar-refractivity contribution in [2.45, 2.75) is 18.2 Å². The number of carbonyl (C=O) groups is 1. The summed E-state index contributed by atoms with van der Waals surface area (Å²) in [7, 11) is -3.65. The molecule has 0 atom stereocenters. The molecule has 0 radical (unpaired) electrons.